The summed E-state index contributed by atoms with van der Waals surface area (Å²) in [5.41, 5.74) is 0.959. The van der Waals surface area contributed by atoms with Crippen LogP contribution >= 0.6 is 0 Å². The van der Waals surface area contributed by atoms with E-state index in [0.29, 0.717) is 26.4 Å². The Labute approximate surface area is 139 Å². The van der Waals surface area contributed by atoms with Gasteiger partial charge in [0.25, 0.3) is 0 Å². The molecule has 0 spiro atoms. The SMILES string of the molecule is CN1C(=O)C2CN(c3ccc4c(c3)OCCO4)CNC2N(C)C1=O. The van der Waals surface area contributed by atoms with Gasteiger partial charge in [-0.2, -0.15) is 0 Å². The predicted molar refractivity (Wildman–Crippen MR) is 86.0 cm³/mol. The maximum atomic E-state index is 12.5. The summed E-state index contributed by atoms with van der Waals surface area (Å²) in [6.45, 7) is 2.19. The number of benzene rings is 1. The lowest BCUT2D eigenvalue weighted by Crippen LogP contribution is -2.69. The number of urea groups is 1. The number of nitrogens with zero attached hydrogens (tertiary/aromatic N) is 3. The molecule has 8 nitrogen and oxygen atoms in total. The van der Waals surface area contributed by atoms with E-state index in [1.165, 1.54) is 11.9 Å². The Hall–Kier alpha value is -2.48. The van der Waals surface area contributed by atoms with Crippen molar-refractivity contribution >= 4 is 17.6 Å². The average molecular weight is 332 g/mol. The van der Waals surface area contributed by atoms with Crippen molar-refractivity contribution < 1.29 is 19.1 Å². The van der Waals surface area contributed by atoms with Gasteiger partial charge >= 0.3 is 6.03 Å². The molecule has 2 saturated heterocycles. The molecular weight excluding hydrogens is 312 g/mol. The van der Waals surface area contributed by atoms with E-state index in [1.807, 2.05) is 18.2 Å². The zero-order valence-corrected chi connectivity index (χ0v) is 13.7. The van der Waals surface area contributed by atoms with Gasteiger partial charge in [0.15, 0.2) is 11.5 Å². The van der Waals surface area contributed by atoms with Gasteiger partial charge in [-0.15, -0.1) is 0 Å². The number of fused-ring (bicyclic) bond motifs is 2. The van der Waals surface area contributed by atoms with Crippen LogP contribution < -0.4 is 19.7 Å². The second kappa shape index (κ2) is 5.55. The van der Waals surface area contributed by atoms with Gasteiger partial charge in [0, 0.05) is 32.4 Å². The first-order valence-corrected chi connectivity index (χ1v) is 7.98. The zero-order chi connectivity index (χ0) is 16.8. The lowest BCUT2D eigenvalue weighted by molar-refractivity contribution is -0.138. The van der Waals surface area contributed by atoms with Crippen molar-refractivity contribution in [3.63, 3.8) is 0 Å². The summed E-state index contributed by atoms with van der Waals surface area (Å²) in [5.74, 6) is 1.00. The normalized spacial score (nSPS) is 26.5. The fourth-order valence-corrected chi connectivity index (χ4v) is 3.49. The van der Waals surface area contributed by atoms with E-state index in [-0.39, 0.29) is 24.0 Å². The van der Waals surface area contributed by atoms with Gasteiger partial charge in [-0.05, 0) is 12.1 Å². The summed E-state index contributed by atoms with van der Waals surface area (Å²) >= 11 is 0. The summed E-state index contributed by atoms with van der Waals surface area (Å²) in [6, 6.07) is 5.51. The molecule has 1 N–H and O–H groups in total. The number of hydrogen-bond donors (Lipinski definition) is 1. The standard InChI is InChI=1S/C16H20N4O4/c1-18-14-11(15(21)19(2)16(18)22)8-20(9-17-14)10-3-4-12-13(7-10)24-6-5-23-12/h3-4,7,11,14,17H,5-6,8-9H2,1-2H3. The van der Waals surface area contributed by atoms with Gasteiger partial charge < -0.3 is 19.3 Å². The van der Waals surface area contributed by atoms with E-state index in [2.05, 4.69) is 10.2 Å². The minimum Gasteiger partial charge on any atom is -0.486 e. The average Bonchev–Trinajstić information content (AvgIpc) is 2.63. The summed E-state index contributed by atoms with van der Waals surface area (Å²) in [5, 5.41) is 3.29. The molecule has 2 unspecified atom stereocenters. The van der Waals surface area contributed by atoms with Crippen LogP contribution in [0.1, 0.15) is 0 Å². The first-order chi connectivity index (χ1) is 11.6. The van der Waals surface area contributed by atoms with Gasteiger partial charge in [-0.3, -0.25) is 15.0 Å². The molecule has 128 valence electrons. The largest absolute Gasteiger partial charge is 0.486 e. The highest BCUT2D eigenvalue weighted by molar-refractivity contribution is 5.98. The predicted octanol–water partition coefficient (Wildman–Crippen LogP) is 0.291. The maximum Gasteiger partial charge on any atom is 0.327 e. The van der Waals surface area contributed by atoms with Crippen LogP contribution in [0.15, 0.2) is 18.2 Å². The van der Waals surface area contributed by atoms with E-state index in [9.17, 15) is 9.59 Å². The molecule has 0 aromatic heterocycles. The molecule has 2 atom stereocenters. The fraction of sp³-hybridized carbons (Fsp3) is 0.500. The number of hydrogen-bond acceptors (Lipinski definition) is 6. The van der Waals surface area contributed by atoms with Crippen LogP contribution in [0, 0.1) is 5.92 Å². The van der Waals surface area contributed by atoms with E-state index in [4.69, 9.17) is 9.47 Å². The smallest absolute Gasteiger partial charge is 0.327 e. The minimum atomic E-state index is -0.306. The lowest BCUT2D eigenvalue weighted by Gasteiger charge is -2.48. The van der Waals surface area contributed by atoms with Crippen molar-refractivity contribution in [1.82, 2.24) is 15.1 Å². The van der Waals surface area contributed by atoms with Crippen molar-refractivity contribution in [3.05, 3.63) is 18.2 Å². The molecule has 1 aromatic rings. The van der Waals surface area contributed by atoms with Gasteiger partial charge in [0.2, 0.25) is 5.91 Å². The summed E-state index contributed by atoms with van der Waals surface area (Å²) in [6.07, 6.45) is -0.269. The minimum absolute atomic E-state index is 0.155. The number of ether oxygens (including phenoxy) is 2. The molecule has 2 fully saturated rings. The van der Waals surface area contributed by atoms with E-state index in [1.54, 1.807) is 11.9 Å². The third-order valence-corrected chi connectivity index (χ3v) is 4.83. The van der Waals surface area contributed by atoms with Crippen LogP contribution in [0.4, 0.5) is 10.5 Å². The Morgan fingerprint density at radius 3 is 2.67 bits per heavy atom. The quantitative estimate of drug-likeness (QED) is 0.797. The summed E-state index contributed by atoms with van der Waals surface area (Å²) < 4.78 is 11.2. The maximum absolute atomic E-state index is 12.5. The van der Waals surface area contributed by atoms with Gasteiger partial charge in [0.05, 0.1) is 18.8 Å². The van der Waals surface area contributed by atoms with Crippen LogP contribution in [0.5, 0.6) is 11.5 Å². The molecule has 3 aliphatic rings. The number of carbonyl (C=O) groups is 2. The number of rotatable bonds is 1. The van der Waals surface area contributed by atoms with Crippen molar-refractivity contribution in [3.8, 4) is 11.5 Å². The Balaban J connectivity index is 1.57. The lowest BCUT2D eigenvalue weighted by atomic mass is 9.98. The first-order valence-electron chi connectivity index (χ1n) is 7.98. The van der Waals surface area contributed by atoms with Crippen LogP contribution in [0.3, 0.4) is 0 Å². The van der Waals surface area contributed by atoms with Gasteiger partial charge in [-0.1, -0.05) is 0 Å². The molecular formula is C16H20N4O4. The first kappa shape index (κ1) is 15.1. The Morgan fingerprint density at radius 1 is 1.12 bits per heavy atom. The highest BCUT2D eigenvalue weighted by Gasteiger charge is 2.46. The fourth-order valence-electron chi connectivity index (χ4n) is 3.49. The number of amides is 3. The molecule has 0 radical (unpaired) electrons. The number of imide groups is 1. The molecule has 1 aromatic carbocycles. The molecule has 0 aliphatic carbocycles. The Bertz CT molecular complexity index is 695. The molecule has 3 amide bonds. The third kappa shape index (κ3) is 2.25. The van der Waals surface area contributed by atoms with Gasteiger partial charge in [0.1, 0.15) is 13.2 Å². The Kier molecular flexibility index (Phi) is 3.49. The molecule has 3 heterocycles. The molecule has 0 bridgehead atoms. The summed E-state index contributed by atoms with van der Waals surface area (Å²) in [7, 11) is 3.25. The topological polar surface area (TPSA) is 74.4 Å². The monoisotopic (exact) mass is 332 g/mol. The molecule has 24 heavy (non-hydrogen) atoms. The van der Waals surface area contributed by atoms with E-state index in [0.717, 1.165) is 17.2 Å². The van der Waals surface area contributed by atoms with Gasteiger partial charge in [-0.25, -0.2) is 4.79 Å². The molecule has 0 saturated carbocycles. The molecule has 4 rings (SSSR count). The number of anilines is 1. The summed E-state index contributed by atoms with van der Waals surface area (Å²) in [4.78, 5) is 29.4. The zero-order valence-electron chi connectivity index (χ0n) is 13.7. The number of nitrogens with one attached hydrogen (secondary N) is 1. The highest BCUT2D eigenvalue weighted by atomic mass is 16.6. The van der Waals surface area contributed by atoms with Crippen LogP contribution in [-0.4, -0.2) is 68.4 Å². The molecule has 8 heteroatoms. The third-order valence-electron chi connectivity index (χ3n) is 4.83. The molecule has 3 aliphatic heterocycles. The highest BCUT2D eigenvalue weighted by Crippen LogP contribution is 2.35. The second-order valence-corrected chi connectivity index (χ2v) is 6.25. The van der Waals surface area contributed by atoms with E-state index >= 15 is 0 Å². The second-order valence-electron chi connectivity index (χ2n) is 6.25. The van der Waals surface area contributed by atoms with Crippen molar-refractivity contribution in [1.29, 1.82) is 0 Å². The number of carbonyl (C=O) groups excluding carboxylic acids is 2. The van der Waals surface area contributed by atoms with E-state index < -0.39 is 0 Å². The van der Waals surface area contributed by atoms with Crippen LogP contribution in [0.2, 0.25) is 0 Å². The van der Waals surface area contributed by atoms with Crippen molar-refractivity contribution in [2.45, 2.75) is 6.17 Å². The van der Waals surface area contributed by atoms with Crippen LogP contribution in [-0.2, 0) is 4.79 Å². The Morgan fingerprint density at radius 2 is 1.88 bits per heavy atom. The van der Waals surface area contributed by atoms with Crippen LogP contribution in [0.25, 0.3) is 0 Å². The van der Waals surface area contributed by atoms with Crippen molar-refractivity contribution in [2.24, 2.45) is 5.92 Å². The van der Waals surface area contributed by atoms with Crippen molar-refractivity contribution in [2.75, 3.05) is 45.4 Å².